The van der Waals surface area contributed by atoms with Crippen LogP contribution in [0.3, 0.4) is 0 Å². The highest BCUT2D eigenvalue weighted by molar-refractivity contribution is 5.95. The second-order valence-electron chi connectivity index (χ2n) is 11.5. The number of rotatable bonds is 10. The maximum Gasteiger partial charge on any atom is 0.119 e. The fourth-order valence-electron chi connectivity index (χ4n) is 6.38. The Morgan fingerprint density at radius 2 is 1.09 bits per heavy atom. The second kappa shape index (κ2) is 12.5. The Labute approximate surface area is 275 Å². The van der Waals surface area contributed by atoms with Crippen LogP contribution in [0.15, 0.2) is 121 Å². The van der Waals surface area contributed by atoms with Crippen LogP contribution in [0.25, 0.3) is 17.0 Å². The minimum atomic E-state index is -0.490. The maximum atomic E-state index is 5.47. The van der Waals surface area contributed by atoms with Crippen LogP contribution in [0.1, 0.15) is 16.8 Å². The van der Waals surface area contributed by atoms with E-state index >= 15 is 0 Å². The Hall–Kier alpha value is -5.82. The summed E-state index contributed by atoms with van der Waals surface area (Å²) in [6.07, 6.45) is 5.24. The number of hydrogen-bond donors (Lipinski definition) is 2. The van der Waals surface area contributed by atoms with Crippen molar-refractivity contribution >= 4 is 39.7 Å². The molecule has 0 aliphatic heterocycles. The van der Waals surface area contributed by atoms with Crippen LogP contribution in [0.5, 0.6) is 23.0 Å². The van der Waals surface area contributed by atoms with Gasteiger partial charge >= 0.3 is 0 Å². The molecule has 7 heteroatoms. The quantitative estimate of drug-likeness (QED) is 0.159. The van der Waals surface area contributed by atoms with E-state index < -0.39 is 5.54 Å². The molecule has 1 unspecified atom stereocenters. The van der Waals surface area contributed by atoms with Crippen molar-refractivity contribution in [3.05, 3.63) is 138 Å². The average Bonchev–Trinajstić information content (AvgIpc) is 3.49. The van der Waals surface area contributed by atoms with E-state index in [1.807, 2.05) is 48.5 Å². The zero-order chi connectivity index (χ0) is 32.4. The standard InChI is InChI=1S/C40H37N3O4/c1-44-32-14-5-27(6-15-32)40(42-28-7-16-33(45-2)17-8-28)24-23-37-36-22-13-31(25-38(36)41-39(37)26-40)43(29-9-18-34(46-3)19-10-29)30-11-20-35(47-4)21-12-30/h5-25,41-42H,26H2,1-4H3. The summed E-state index contributed by atoms with van der Waals surface area (Å²) in [5.74, 6) is 3.27. The number of fused-ring (bicyclic) bond motifs is 3. The Bertz CT molecular complexity index is 1970. The highest BCUT2D eigenvalue weighted by Crippen LogP contribution is 2.42. The van der Waals surface area contributed by atoms with Crippen molar-refractivity contribution in [2.45, 2.75) is 12.0 Å². The number of nitrogens with zero attached hydrogens (tertiary/aromatic N) is 1. The van der Waals surface area contributed by atoms with Crippen LogP contribution < -0.4 is 29.2 Å². The van der Waals surface area contributed by atoms with E-state index in [9.17, 15) is 0 Å². The van der Waals surface area contributed by atoms with Crippen LogP contribution in [-0.4, -0.2) is 33.4 Å². The number of aromatic nitrogens is 1. The molecule has 0 saturated heterocycles. The van der Waals surface area contributed by atoms with Gasteiger partial charge in [0.25, 0.3) is 0 Å². The van der Waals surface area contributed by atoms with Crippen LogP contribution in [0, 0.1) is 0 Å². The van der Waals surface area contributed by atoms with Crippen LogP contribution in [-0.2, 0) is 12.0 Å². The molecule has 2 N–H and O–H groups in total. The first-order valence-electron chi connectivity index (χ1n) is 15.5. The molecule has 0 bridgehead atoms. The van der Waals surface area contributed by atoms with Gasteiger partial charge in [0.2, 0.25) is 0 Å². The molecule has 1 atom stereocenters. The number of nitrogens with one attached hydrogen (secondary N) is 2. The summed E-state index contributed by atoms with van der Waals surface area (Å²) in [5, 5.41) is 5.02. The van der Waals surface area contributed by atoms with E-state index in [1.54, 1.807) is 28.4 Å². The molecule has 0 spiro atoms. The number of hydrogen-bond acceptors (Lipinski definition) is 6. The first-order valence-corrected chi connectivity index (χ1v) is 15.5. The van der Waals surface area contributed by atoms with Crippen LogP contribution in [0.4, 0.5) is 22.7 Å². The maximum absolute atomic E-state index is 5.47. The molecule has 1 aliphatic carbocycles. The molecule has 0 fully saturated rings. The summed E-state index contributed by atoms with van der Waals surface area (Å²) in [6.45, 7) is 0. The van der Waals surface area contributed by atoms with Crippen molar-refractivity contribution in [2.75, 3.05) is 38.7 Å². The highest BCUT2D eigenvalue weighted by atomic mass is 16.5. The van der Waals surface area contributed by atoms with E-state index in [-0.39, 0.29) is 0 Å². The molecule has 0 saturated carbocycles. The smallest absolute Gasteiger partial charge is 0.119 e. The number of benzene rings is 5. The van der Waals surface area contributed by atoms with Crippen molar-refractivity contribution < 1.29 is 18.9 Å². The van der Waals surface area contributed by atoms with E-state index in [0.717, 1.165) is 68.9 Å². The summed E-state index contributed by atoms with van der Waals surface area (Å²) in [6, 6.07) is 39.2. The minimum absolute atomic E-state index is 0.490. The zero-order valence-electron chi connectivity index (χ0n) is 26.9. The summed E-state index contributed by atoms with van der Waals surface area (Å²) >= 11 is 0. The second-order valence-corrected chi connectivity index (χ2v) is 11.5. The molecule has 1 aliphatic rings. The molecule has 7 nitrogen and oxygen atoms in total. The SMILES string of the molecule is COc1ccc(NC2(c3ccc(OC)cc3)C=Cc3c([nH]c4cc(N(c5ccc(OC)cc5)c5ccc(OC)cc5)ccc34)C2)cc1. The van der Waals surface area contributed by atoms with Gasteiger partial charge in [-0.3, -0.25) is 0 Å². The van der Waals surface area contributed by atoms with Gasteiger partial charge in [0.15, 0.2) is 0 Å². The lowest BCUT2D eigenvalue weighted by Crippen LogP contribution is -2.37. The largest absolute Gasteiger partial charge is 0.497 e. The molecule has 5 aromatic carbocycles. The lowest BCUT2D eigenvalue weighted by atomic mass is 9.80. The van der Waals surface area contributed by atoms with Gasteiger partial charge in [-0.15, -0.1) is 0 Å². The van der Waals surface area contributed by atoms with Crippen molar-refractivity contribution in [1.82, 2.24) is 4.98 Å². The van der Waals surface area contributed by atoms with Crippen molar-refractivity contribution in [1.29, 1.82) is 0 Å². The third-order valence-electron chi connectivity index (χ3n) is 8.88. The zero-order valence-corrected chi connectivity index (χ0v) is 26.9. The number of anilines is 4. The molecule has 0 amide bonds. The van der Waals surface area contributed by atoms with E-state index in [0.29, 0.717) is 0 Å². The van der Waals surface area contributed by atoms with Gasteiger partial charge in [-0.25, -0.2) is 0 Å². The van der Waals surface area contributed by atoms with E-state index in [4.69, 9.17) is 18.9 Å². The first-order chi connectivity index (χ1) is 23.0. The predicted octanol–water partition coefficient (Wildman–Crippen LogP) is 9.25. The van der Waals surface area contributed by atoms with Crippen molar-refractivity contribution in [3.8, 4) is 23.0 Å². The number of methoxy groups -OCH3 is 4. The van der Waals surface area contributed by atoms with Gasteiger partial charge in [-0.05, 0) is 103 Å². The summed E-state index contributed by atoms with van der Waals surface area (Å²) in [4.78, 5) is 6.04. The Morgan fingerprint density at radius 3 is 1.62 bits per heavy atom. The minimum Gasteiger partial charge on any atom is -0.497 e. The Kier molecular flexibility index (Phi) is 7.96. The number of aromatic amines is 1. The van der Waals surface area contributed by atoms with Gasteiger partial charge in [0.1, 0.15) is 23.0 Å². The van der Waals surface area contributed by atoms with Gasteiger partial charge in [0, 0.05) is 51.3 Å². The Balaban J connectivity index is 1.29. The normalized spacial score (nSPS) is 15.1. The molecule has 236 valence electrons. The van der Waals surface area contributed by atoms with Crippen molar-refractivity contribution in [2.24, 2.45) is 0 Å². The van der Waals surface area contributed by atoms with Crippen molar-refractivity contribution in [3.63, 3.8) is 0 Å². The number of ether oxygens (including phenoxy) is 4. The molecule has 0 radical (unpaired) electrons. The number of H-pyrrole nitrogens is 1. The van der Waals surface area contributed by atoms with E-state index in [2.05, 4.69) is 94.1 Å². The molecule has 1 aromatic heterocycles. The Morgan fingerprint density at radius 1 is 0.596 bits per heavy atom. The summed E-state index contributed by atoms with van der Waals surface area (Å²) in [7, 11) is 6.74. The third kappa shape index (κ3) is 5.72. The van der Waals surface area contributed by atoms with Crippen LogP contribution >= 0.6 is 0 Å². The predicted molar refractivity (Wildman–Crippen MR) is 190 cm³/mol. The molecule has 47 heavy (non-hydrogen) atoms. The van der Waals surface area contributed by atoms with Gasteiger partial charge in [-0.2, -0.15) is 0 Å². The molecule has 7 rings (SSSR count). The molecule has 6 aromatic rings. The summed E-state index contributed by atoms with van der Waals surface area (Å²) < 4.78 is 21.8. The van der Waals surface area contributed by atoms with Gasteiger partial charge in [-0.1, -0.05) is 30.4 Å². The molecular formula is C40H37N3O4. The highest BCUT2D eigenvalue weighted by Gasteiger charge is 2.34. The van der Waals surface area contributed by atoms with E-state index in [1.165, 1.54) is 10.9 Å². The van der Waals surface area contributed by atoms with Gasteiger partial charge < -0.3 is 34.1 Å². The summed E-state index contributed by atoms with van der Waals surface area (Å²) in [5.41, 5.74) is 8.16. The molecule has 1 heterocycles. The fraction of sp³-hybridized carbons (Fsp3) is 0.150. The fourth-order valence-corrected chi connectivity index (χ4v) is 6.38. The molecular weight excluding hydrogens is 586 g/mol. The lowest BCUT2D eigenvalue weighted by Gasteiger charge is -2.36. The third-order valence-corrected chi connectivity index (χ3v) is 8.88. The van der Waals surface area contributed by atoms with Crippen LogP contribution in [0.2, 0.25) is 0 Å². The monoisotopic (exact) mass is 623 g/mol. The lowest BCUT2D eigenvalue weighted by molar-refractivity contribution is 0.414. The first kappa shape index (κ1) is 29.9. The average molecular weight is 624 g/mol. The van der Waals surface area contributed by atoms with Gasteiger partial charge in [0.05, 0.1) is 34.0 Å². The topological polar surface area (TPSA) is 68.0 Å².